The molecule has 0 aromatic rings. The van der Waals surface area contributed by atoms with Gasteiger partial charge in [-0.15, -0.1) is 0 Å². The number of hydrogen-bond acceptors (Lipinski definition) is 2. The molecule has 12 heavy (non-hydrogen) atoms. The number of thiol groups is 1. The van der Waals surface area contributed by atoms with E-state index in [-0.39, 0.29) is 0 Å². The molecule has 2 heteroatoms. The lowest BCUT2D eigenvalue weighted by Gasteiger charge is -2.18. The van der Waals surface area contributed by atoms with Crippen LogP contribution in [0.15, 0.2) is 0 Å². The molecule has 0 heterocycles. The van der Waals surface area contributed by atoms with Crippen LogP contribution in [0.25, 0.3) is 0 Å². The van der Waals surface area contributed by atoms with Crippen molar-refractivity contribution in [1.82, 2.24) is 4.90 Å². The molecule has 0 aliphatic heterocycles. The molecule has 0 bridgehead atoms. The van der Waals surface area contributed by atoms with Gasteiger partial charge in [0, 0.05) is 12.3 Å². The van der Waals surface area contributed by atoms with Crippen LogP contribution in [0, 0.1) is 0 Å². The summed E-state index contributed by atoms with van der Waals surface area (Å²) < 4.78 is 0. The van der Waals surface area contributed by atoms with Crippen LogP contribution < -0.4 is 0 Å². The number of hydrogen-bond donors (Lipinski definition) is 1. The summed E-state index contributed by atoms with van der Waals surface area (Å²) in [4.78, 5) is 2.47. The summed E-state index contributed by atoms with van der Waals surface area (Å²) in [7, 11) is 0. The normalized spacial score (nSPS) is 11.0. The van der Waals surface area contributed by atoms with Gasteiger partial charge in [-0.1, -0.05) is 33.1 Å². The zero-order valence-electron chi connectivity index (χ0n) is 8.55. The van der Waals surface area contributed by atoms with Gasteiger partial charge in [-0.3, -0.25) is 0 Å². The maximum absolute atomic E-state index is 4.24. The number of rotatable bonds is 8. The Kier molecular flexibility index (Phi) is 9.64. The van der Waals surface area contributed by atoms with Gasteiger partial charge in [-0.2, -0.15) is 12.6 Å². The molecule has 0 N–H and O–H groups in total. The SMILES string of the molecule is CCCCCCN(CC)CCS. The van der Waals surface area contributed by atoms with E-state index >= 15 is 0 Å². The molecule has 0 saturated heterocycles. The second kappa shape index (κ2) is 9.40. The molecule has 0 aliphatic carbocycles. The summed E-state index contributed by atoms with van der Waals surface area (Å²) >= 11 is 4.24. The van der Waals surface area contributed by atoms with E-state index in [2.05, 4.69) is 31.4 Å². The molecule has 0 saturated carbocycles. The topological polar surface area (TPSA) is 3.24 Å². The molecule has 74 valence electrons. The molecular weight excluding hydrogens is 166 g/mol. The summed E-state index contributed by atoms with van der Waals surface area (Å²) in [6.07, 6.45) is 5.46. The fraction of sp³-hybridized carbons (Fsp3) is 1.00. The van der Waals surface area contributed by atoms with Crippen LogP contribution in [0.4, 0.5) is 0 Å². The van der Waals surface area contributed by atoms with E-state index in [9.17, 15) is 0 Å². The second-order valence-corrected chi connectivity index (χ2v) is 3.67. The van der Waals surface area contributed by atoms with Gasteiger partial charge >= 0.3 is 0 Å². The smallest absolute Gasteiger partial charge is 0.00697 e. The zero-order chi connectivity index (χ0) is 9.23. The highest BCUT2D eigenvalue weighted by molar-refractivity contribution is 7.80. The van der Waals surface area contributed by atoms with Gasteiger partial charge in [-0.05, 0) is 19.5 Å². The zero-order valence-corrected chi connectivity index (χ0v) is 9.45. The molecule has 0 spiro atoms. The first kappa shape index (κ1) is 12.3. The summed E-state index contributed by atoms with van der Waals surface area (Å²) in [5.74, 6) is 0.988. The van der Waals surface area contributed by atoms with E-state index in [1.165, 1.54) is 38.8 Å². The molecule has 1 nitrogen and oxygen atoms in total. The van der Waals surface area contributed by atoms with E-state index in [1.807, 2.05) is 0 Å². The molecule has 0 rings (SSSR count). The molecule has 0 atom stereocenters. The van der Waals surface area contributed by atoms with Crippen LogP contribution in [0.5, 0.6) is 0 Å². The fourth-order valence-corrected chi connectivity index (χ4v) is 1.61. The van der Waals surface area contributed by atoms with Gasteiger partial charge < -0.3 is 4.90 Å². The Morgan fingerprint density at radius 2 is 1.75 bits per heavy atom. The Balaban J connectivity index is 3.19. The second-order valence-electron chi connectivity index (χ2n) is 3.22. The first-order valence-electron chi connectivity index (χ1n) is 5.18. The van der Waals surface area contributed by atoms with Crippen LogP contribution >= 0.6 is 12.6 Å². The minimum atomic E-state index is 0.988. The molecule has 0 aliphatic rings. The third-order valence-electron chi connectivity index (χ3n) is 2.19. The third kappa shape index (κ3) is 6.99. The molecule has 0 amide bonds. The van der Waals surface area contributed by atoms with Crippen molar-refractivity contribution in [3.63, 3.8) is 0 Å². The molecule has 0 fully saturated rings. The van der Waals surface area contributed by atoms with Gasteiger partial charge in [0.15, 0.2) is 0 Å². The summed E-state index contributed by atoms with van der Waals surface area (Å²) in [6.45, 7) is 8.06. The van der Waals surface area contributed by atoms with Gasteiger partial charge in [0.25, 0.3) is 0 Å². The average molecular weight is 189 g/mol. The van der Waals surface area contributed by atoms with E-state index in [0.29, 0.717) is 0 Å². The number of unbranched alkanes of at least 4 members (excludes halogenated alkanes) is 3. The van der Waals surface area contributed by atoms with Crippen molar-refractivity contribution in [2.45, 2.75) is 39.5 Å². The predicted molar refractivity (Wildman–Crippen MR) is 60.1 cm³/mol. The quantitative estimate of drug-likeness (QED) is 0.454. The van der Waals surface area contributed by atoms with Crippen molar-refractivity contribution in [3.8, 4) is 0 Å². The van der Waals surface area contributed by atoms with E-state index in [0.717, 1.165) is 12.3 Å². The molecule has 0 radical (unpaired) electrons. The monoisotopic (exact) mass is 189 g/mol. The lowest BCUT2D eigenvalue weighted by atomic mass is 10.2. The van der Waals surface area contributed by atoms with Gasteiger partial charge in [0.2, 0.25) is 0 Å². The highest BCUT2D eigenvalue weighted by Crippen LogP contribution is 2.01. The average Bonchev–Trinajstić information content (AvgIpc) is 2.10. The molecular formula is C10H23NS. The Morgan fingerprint density at radius 3 is 2.25 bits per heavy atom. The highest BCUT2D eigenvalue weighted by Gasteiger charge is 1.98. The van der Waals surface area contributed by atoms with E-state index < -0.39 is 0 Å². The summed E-state index contributed by atoms with van der Waals surface area (Å²) in [5, 5.41) is 0. The lowest BCUT2D eigenvalue weighted by Crippen LogP contribution is -2.26. The van der Waals surface area contributed by atoms with Crippen LogP contribution in [-0.2, 0) is 0 Å². The Hall–Kier alpha value is 0.310. The summed E-state index contributed by atoms with van der Waals surface area (Å²) in [6, 6.07) is 0. The maximum Gasteiger partial charge on any atom is 0.00697 e. The Labute approximate surface area is 82.9 Å². The highest BCUT2D eigenvalue weighted by atomic mass is 32.1. The van der Waals surface area contributed by atoms with Crippen LogP contribution in [-0.4, -0.2) is 30.3 Å². The van der Waals surface area contributed by atoms with Gasteiger partial charge in [-0.25, -0.2) is 0 Å². The van der Waals surface area contributed by atoms with Crippen molar-refractivity contribution in [2.24, 2.45) is 0 Å². The third-order valence-corrected chi connectivity index (χ3v) is 2.39. The Bertz CT molecular complexity index is 85.9. The van der Waals surface area contributed by atoms with Crippen molar-refractivity contribution in [3.05, 3.63) is 0 Å². The maximum atomic E-state index is 4.24. The van der Waals surface area contributed by atoms with Crippen molar-refractivity contribution >= 4 is 12.6 Å². The van der Waals surface area contributed by atoms with E-state index in [4.69, 9.17) is 0 Å². The first-order valence-corrected chi connectivity index (χ1v) is 5.81. The van der Waals surface area contributed by atoms with E-state index in [1.54, 1.807) is 0 Å². The molecule has 0 aromatic carbocycles. The van der Waals surface area contributed by atoms with Crippen molar-refractivity contribution in [2.75, 3.05) is 25.4 Å². The molecule has 0 aromatic heterocycles. The predicted octanol–water partition coefficient (Wildman–Crippen LogP) is 2.82. The minimum Gasteiger partial charge on any atom is -0.303 e. The fourth-order valence-electron chi connectivity index (χ4n) is 1.33. The van der Waals surface area contributed by atoms with Crippen LogP contribution in [0.1, 0.15) is 39.5 Å². The minimum absolute atomic E-state index is 0.988. The van der Waals surface area contributed by atoms with Gasteiger partial charge in [0.05, 0.1) is 0 Å². The number of nitrogens with zero attached hydrogens (tertiary/aromatic N) is 1. The first-order chi connectivity index (χ1) is 5.85. The van der Waals surface area contributed by atoms with Crippen LogP contribution in [0.2, 0.25) is 0 Å². The molecule has 0 unspecified atom stereocenters. The van der Waals surface area contributed by atoms with Crippen molar-refractivity contribution in [1.29, 1.82) is 0 Å². The van der Waals surface area contributed by atoms with Crippen molar-refractivity contribution < 1.29 is 0 Å². The summed E-state index contributed by atoms with van der Waals surface area (Å²) in [5.41, 5.74) is 0. The van der Waals surface area contributed by atoms with Crippen LogP contribution in [0.3, 0.4) is 0 Å². The largest absolute Gasteiger partial charge is 0.303 e. The Morgan fingerprint density at radius 1 is 1.00 bits per heavy atom. The van der Waals surface area contributed by atoms with Gasteiger partial charge in [0.1, 0.15) is 0 Å². The standard InChI is InChI=1S/C10H23NS/c1-3-5-6-7-8-11(4-2)9-10-12/h12H,3-10H2,1-2H3. The lowest BCUT2D eigenvalue weighted by molar-refractivity contribution is 0.298.